The third-order valence-electron chi connectivity index (χ3n) is 5.92. The van der Waals surface area contributed by atoms with Gasteiger partial charge in [-0.1, -0.05) is 18.2 Å². The number of nitrogens with one attached hydrogen (secondary N) is 2. The van der Waals surface area contributed by atoms with Crippen molar-refractivity contribution in [3.05, 3.63) is 65.0 Å². The summed E-state index contributed by atoms with van der Waals surface area (Å²) in [5, 5.41) is 6.11. The molecule has 1 amide bonds. The van der Waals surface area contributed by atoms with Crippen LogP contribution >= 0.6 is 0 Å². The van der Waals surface area contributed by atoms with Crippen LogP contribution in [0.5, 0.6) is 0 Å². The average molecular weight is 409 g/mol. The number of halogens is 1. The maximum Gasteiger partial charge on any atom is 0.255 e. The van der Waals surface area contributed by atoms with Gasteiger partial charge in [-0.05, 0) is 61.4 Å². The van der Waals surface area contributed by atoms with Crippen LogP contribution in [0.2, 0.25) is 0 Å². The molecule has 0 aromatic heterocycles. The van der Waals surface area contributed by atoms with Crippen molar-refractivity contribution in [2.24, 2.45) is 0 Å². The molecule has 2 aromatic rings. The number of amides is 1. The van der Waals surface area contributed by atoms with Crippen LogP contribution in [0, 0.1) is 12.7 Å². The minimum absolute atomic E-state index is 0.217. The van der Waals surface area contributed by atoms with Crippen molar-refractivity contribution in [3.63, 3.8) is 0 Å². The lowest BCUT2D eigenvalue weighted by atomic mass is 9.95. The summed E-state index contributed by atoms with van der Waals surface area (Å²) in [4.78, 5) is 17.1. The van der Waals surface area contributed by atoms with Crippen LogP contribution in [0.15, 0.2) is 42.5 Å². The summed E-state index contributed by atoms with van der Waals surface area (Å²) in [6.07, 6.45) is 3.26. The van der Waals surface area contributed by atoms with Crippen LogP contribution in [0.3, 0.4) is 0 Å². The van der Waals surface area contributed by atoms with Gasteiger partial charge in [0, 0.05) is 50.5 Å². The number of likely N-dealkylation sites (N-methyl/N-ethyl adjacent to an activating group) is 1. The van der Waals surface area contributed by atoms with Crippen molar-refractivity contribution in [2.45, 2.75) is 13.3 Å². The van der Waals surface area contributed by atoms with Crippen molar-refractivity contribution in [3.8, 4) is 0 Å². The highest BCUT2D eigenvalue weighted by Gasteiger charge is 2.17. The van der Waals surface area contributed by atoms with Gasteiger partial charge in [-0.2, -0.15) is 0 Å². The molecule has 0 unspecified atom stereocenters. The van der Waals surface area contributed by atoms with Gasteiger partial charge in [0.1, 0.15) is 5.82 Å². The summed E-state index contributed by atoms with van der Waals surface area (Å²) in [6, 6.07) is 10.9. The number of anilines is 2. The Bertz CT molecular complexity index is 966. The quantitative estimate of drug-likeness (QED) is 0.813. The first kappa shape index (κ1) is 20.6. The molecule has 2 aliphatic heterocycles. The van der Waals surface area contributed by atoms with Crippen LogP contribution in [0.25, 0.3) is 5.57 Å². The smallest absolute Gasteiger partial charge is 0.255 e. The molecule has 6 heteroatoms. The molecule has 4 rings (SSSR count). The molecule has 0 aliphatic carbocycles. The molecule has 1 fully saturated rings. The fourth-order valence-corrected chi connectivity index (χ4v) is 4.10. The van der Waals surface area contributed by atoms with Crippen LogP contribution in [-0.4, -0.2) is 57.1 Å². The molecule has 2 aromatic carbocycles. The van der Waals surface area contributed by atoms with Crippen LogP contribution in [0.1, 0.15) is 27.9 Å². The minimum Gasteiger partial charge on any atom is -0.367 e. The molecule has 0 saturated carbocycles. The Morgan fingerprint density at radius 1 is 1.10 bits per heavy atom. The molecule has 2 heterocycles. The summed E-state index contributed by atoms with van der Waals surface area (Å²) in [7, 11) is 2.12. The molecule has 5 nitrogen and oxygen atoms in total. The lowest BCUT2D eigenvalue weighted by Gasteiger charge is -2.29. The molecule has 1 saturated heterocycles. The van der Waals surface area contributed by atoms with Crippen molar-refractivity contribution in [1.29, 1.82) is 0 Å². The van der Waals surface area contributed by atoms with E-state index >= 15 is 0 Å². The molecular formula is C24H29FN4O. The largest absolute Gasteiger partial charge is 0.367 e. The van der Waals surface area contributed by atoms with Gasteiger partial charge in [-0.25, -0.2) is 4.39 Å². The summed E-state index contributed by atoms with van der Waals surface area (Å²) < 4.78 is 14.6. The van der Waals surface area contributed by atoms with Crippen LogP contribution in [-0.2, 0) is 0 Å². The molecule has 0 radical (unpaired) electrons. The fourth-order valence-electron chi connectivity index (χ4n) is 4.10. The first-order valence-electron chi connectivity index (χ1n) is 10.6. The normalized spacial score (nSPS) is 17.6. The molecule has 0 bridgehead atoms. The number of rotatable bonds is 4. The molecule has 0 atom stereocenters. The number of carbonyl (C=O) groups is 1. The number of carbonyl (C=O) groups excluding carboxylic acids is 1. The SMILES string of the molecule is Cc1cc(C2=CCN(C)CC2)ccc1C(=O)Nc1ccc(N2CCNCC2)c(F)c1. The lowest BCUT2D eigenvalue weighted by Crippen LogP contribution is -2.43. The van der Waals surface area contributed by atoms with E-state index in [9.17, 15) is 9.18 Å². The van der Waals surface area contributed by atoms with Gasteiger partial charge in [0.25, 0.3) is 5.91 Å². The van der Waals surface area contributed by atoms with Gasteiger partial charge in [0.05, 0.1) is 5.69 Å². The van der Waals surface area contributed by atoms with Gasteiger partial charge in [-0.15, -0.1) is 0 Å². The van der Waals surface area contributed by atoms with E-state index < -0.39 is 0 Å². The zero-order valence-corrected chi connectivity index (χ0v) is 17.7. The van der Waals surface area contributed by atoms with Gasteiger partial charge < -0.3 is 20.4 Å². The maximum absolute atomic E-state index is 14.6. The standard InChI is InChI=1S/C24H29FN4O/c1-17-15-19(18-7-11-28(2)12-8-18)3-5-21(17)24(30)27-20-4-6-23(22(25)16-20)29-13-9-26-10-14-29/h3-7,15-16,26H,8-14H2,1-2H3,(H,27,30). The summed E-state index contributed by atoms with van der Waals surface area (Å²) in [5.74, 6) is -0.526. The molecule has 0 spiro atoms. The number of piperazine rings is 1. The second-order valence-corrected chi connectivity index (χ2v) is 8.13. The van der Waals surface area contributed by atoms with Crippen LogP contribution < -0.4 is 15.5 Å². The Morgan fingerprint density at radius 3 is 2.57 bits per heavy atom. The summed E-state index contributed by atoms with van der Waals surface area (Å²) >= 11 is 0. The second-order valence-electron chi connectivity index (χ2n) is 8.13. The number of aryl methyl sites for hydroxylation is 1. The van der Waals surface area contributed by atoms with Crippen molar-refractivity contribution < 1.29 is 9.18 Å². The Morgan fingerprint density at radius 2 is 1.90 bits per heavy atom. The highest BCUT2D eigenvalue weighted by molar-refractivity contribution is 6.05. The average Bonchev–Trinajstić information content (AvgIpc) is 2.75. The van der Waals surface area contributed by atoms with Gasteiger partial charge in [0.15, 0.2) is 0 Å². The first-order valence-corrected chi connectivity index (χ1v) is 10.6. The Balaban J connectivity index is 1.46. The molecule has 158 valence electrons. The van der Waals surface area contributed by atoms with Crippen molar-refractivity contribution >= 4 is 22.9 Å². The topological polar surface area (TPSA) is 47.6 Å². The minimum atomic E-state index is -0.309. The predicted octanol–water partition coefficient (Wildman–Crippen LogP) is 3.51. The zero-order chi connectivity index (χ0) is 21.1. The zero-order valence-electron chi connectivity index (χ0n) is 17.7. The summed E-state index contributed by atoms with van der Waals surface area (Å²) in [5.41, 5.74) is 5.08. The lowest BCUT2D eigenvalue weighted by molar-refractivity contribution is 0.102. The Labute approximate surface area is 177 Å². The number of hydrogen-bond donors (Lipinski definition) is 2. The van der Waals surface area contributed by atoms with E-state index in [1.807, 2.05) is 24.0 Å². The maximum atomic E-state index is 14.6. The van der Waals surface area contributed by atoms with E-state index in [4.69, 9.17) is 0 Å². The van der Waals surface area contributed by atoms with E-state index in [1.165, 1.54) is 17.2 Å². The number of nitrogens with zero attached hydrogens (tertiary/aromatic N) is 2. The van der Waals surface area contributed by atoms with Gasteiger partial charge in [-0.3, -0.25) is 4.79 Å². The monoisotopic (exact) mass is 408 g/mol. The predicted molar refractivity (Wildman–Crippen MR) is 121 cm³/mol. The fraction of sp³-hybridized carbons (Fsp3) is 0.375. The number of benzene rings is 2. The highest BCUT2D eigenvalue weighted by Crippen LogP contribution is 2.26. The second kappa shape index (κ2) is 8.98. The Hall–Kier alpha value is -2.70. The molecular weight excluding hydrogens is 379 g/mol. The number of hydrogen-bond acceptors (Lipinski definition) is 4. The van der Waals surface area contributed by atoms with E-state index in [-0.39, 0.29) is 11.7 Å². The van der Waals surface area contributed by atoms with E-state index in [2.05, 4.69) is 34.7 Å². The summed E-state index contributed by atoms with van der Waals surface area (Å²) in [6.45, 7) is 7.19. The first-order chi connectivity index (χ1) is 14.5. The van der Waals surface area contributed by atoms with E-state index in [0.29, 0.717) is 16.9 Å². The molecule has 30 heavy (non-hydrogen) atoms. The van der Waals surface area contributed by atoms with E-state index in [0.717, 1.165) is 51.3 Å². The Kier molecular flexibility index (Phi) is 6.16. The molecule has 2 aliphatic rings. The van der Waals surface area contributed by atoms with Crippen molar-refractivity contribution in [2.75, 3.05) is 56.5 Å². The van der Waals surface area contributed by atoms with Gasteiger partial charge in [0.2, 0.25) is 0 Å². The van der Waals surface area contributed by atoms with Crippen molar-refractivity contribution in [1.82, 2.24) is 10.2 Å². The third-order valence-corrected chi connectivity index (χ3v) is 5.92. The highest BCUT2D eigenvalue weighted by atomic mass is 19.1. The van der Waals surface area contributed by atoms with E-state index in [1.54, 1.807) is 12.1 Å². The van der Waals surface area contributed by atoms with Gasteiger partial charge >= 0.3 is 0 Å². The third kappa shape index (κ3) is 4.55. The molecule has 2 N–H and O–H groups in total. The van der Waals surface area contributed by atoms with Crippen LogP contribution in [0.4, 0.5) is 15.8 Å².